The van der Waals surface area contributed by atoms with Gasteiger partial charge in [-0.3, -0.25) is 4.90 Å². The molecule has 3 aromatic rings. The highest BCUT2D eigenvalue weighted by atomic mass is 19.1. The number of anilines is 2. The summed E-state index contributed by atoms with van der Waals surface area (Å²) in [5, 5.41) is 7.84. The minimum atomic E-state index is -0.185. The van der Waals surface area contributed by atoms with Crippen molar-refractivity contribution in [3.05, 3.63) is 54.2 Å². The van der Waals surface area contributed by atoms with Gasteiger partial charge in [-0.15, -0.1) is 0 Å². The van der Waals surface area contributed by atoms with Crippen LogP contribution in [0.2, 0.25) is 0 Å². The second kappa shape index (κ2) is 7.29. The van der Waals surface area contributed by atoms with E-state index in [0.29, 0.717) is 0 Å². The molecule has 7 heteroatoms. The minimum absolute atomic E-state index is 0.185. The summed E-state index contributed by atoms with van der Waals surface area (Å²) >= 11 is 0. The molecule has 1 N–H and O–H groups in total. The fraction of sp³-hybridized carbons (Fsp3) is 0.368. The van der Waals surface area contributed by atoms with E-state index in [-0.39, 0.29) is 5.82 Å². The van der Waals surface area contributed by atoms with Gasteiger partial charge >= 0.3 is 0 Å². The van der Waals surface area contributed by atoms with Gasteiger partial charge in [-0.25, -0.2) is 13.9 Å². The van der Waals surface area contributed by atoms with Crippen molar-refractivity contribution in [2.75, 3.05) is 49.5 Å². The Morgan fingerprint density at radius 3 is 2.65 bits per heavy atom. The minimum Gasteiger partial charge on any atom is -0.369 e. The monoisotopic (exact) mass is 354 g/mol. The molecule has 0 unspecified atom stereocenters. The van der Waals surface area contributed by atoms with E-state index in [0.717, 1.165) is 62.0 Å². The summed E-state index contributed by atoms with van der Waals surface area (Å²) < 4.78 is 14.9. The molecule has 6 nitrogen and oxygen atoms in total. The molecule has 0 bridgehead atoms. The first-order valence-electron chi connectivity index (χ1n) is 8.97. The largest absolute Gasteiger partial charge is 0.369 e. The number of piperazine rings is 1. The number of nitrogens with zero attached hydrogens (tertiary/aromatic N) is 5. The van der Waals surface area contributed by atoms with Crippen LogP contribution in [0.1, 0.15) is 5.69 Å². The molecule has 1 saturated heterocycles. The molecule has 2 aromatic heterocycles. The van der Waals surface area contributed by atoms with Crippen molar-refractivity contribution in [2.24, 2.45) is 0 Å². The van der Waals surface area contributed by atoms with E-state index in [4.69, 9.17) is 0 Å². The van der Waals surface area contributed by atoms with Crippen molar-refractivity contribution in [3.8, 4) is 0 Å². The predicted molar refractivity (Wildman–Crippen MR) is 101 cm³/mol. The lowest BCUT2D eigenvalue weighted by molar-refractivity contribution is 0.267. The van der Waals surface area contributed by atoms with Gasteiger partial charge < -0.3 is 10.2 Å². The maximum Gasteiger partial charge on any atom is 0.152 e. The lowest BCUT2D eigenvalue weighted by Gasteiger charge is -2.36. The molecule has 0 radical (unpaired) electrons. The quantitative estimate of drug-likeness (QED) is 0.763. The normalized spacial score (nSPS) is 15.5. The van der Waals surface area contributed by atoms with Gasteiger partial charge in [0.25, 0.3) is 0 Å². The van der Waals surface area contributed by atoms with Crippen LogP contribution in [0.25, 0.3) is 5.52 Å². The summed E-state index contributed by atoms with van der Waals surface area (Å²) in [5.74, 6) is 0.688. The number of halogens is 1. The number of aromatic nitrogens is 3. The SMILES string of the molecule is Cc1cc2c(NCCN3CCN(c4ccc(F)cc4)CC3)nccn2n1. The number of fused-ring (bicyclic) bond motifs is 1. The zero-order valence-electron chi connectivity index (χ0n) is 14.9. The van der Waals surface area contributed by atoms with E-state index in [2.05, 4.69) is 25.2 Å². The number of hydrogen-bond acceptors (Lipinski definition) is 5. The van der Waals surface area contributed by atoms with Gasteiger partial charge in [0.2, 0.25) is 0 Å². The third-order valence-electron chi connectivity index (χ3n) is 4.80. The van der Waals surface area contributed by atoms with E-state index in [1.165, 1.54) is 12.1 Å². The molecule has 0 amide bonds. The Kier molecular flexibility index (Phi) is 4.71. The smallest absolute Gasteiger partial charge is 0.152 e. The second-order valence-electron chi connectivity index (χ2n) is 6.62. The average molecular weight is 354 g/mol. The molecule has 1 aliphatic heterocycles. The zero-order chi connectivity index (χ0) is 17.9. The Bertz CT molecular complexity index is 867. The van der Waals surface area contributed by atoms with Crippen LogP contribution in [-0.2, 0) is 0 Å². The van der Waals surface area contributed by atoms with Crippen molar-refractivity contribution in [1.29, 1.82) is 0 Å². The number of rotatable bonds is 5. The van der Waals surface area contributed by atoms with Crippen molar-refractivity contribution in [2.45, 2.75) is 6.92 Å². The van der Waals surface area contributed by atoms with Crippen LogP contribution < -0.4 is 10.2 Å². The van der Waals surface area contributed by atoms with Gasteiger partial charge in [-0.05, 0) is 37.3 Å². The van der Waals surface area contributed by atoms with Crippen LogP contribution in [-0.4, -0.2) is 58.8 Å². The summed E-state index contributed by atoms with van der Waals surface area (Å²) in [7, 11) is 0. The van der Waals surface area contributed by atoms with E-state index >= 15 is 0 Å². The Morgan fingerprint density at radius 1 is 1.12 bits per heavy atom. The lowest BCUT2D eigenvalue weighted by Crippen LogP contribution is -2.47. The molecule has 0 aliphatic carbocycles. The molecule has 1 fully saturated rings. The summed E-state index contributed by atoms with van der Waals surface area (Å²) in [5.41, 5.74) is 3.08. The summed E-state index contributed by atoms with van der Waals surface area (Å²) in [6.07, 6.45) is 3.63. The van der Waals surface area contributed by atoms with E-state index in [1.807, 2.05) is 35.8 Å². The second-order valence-corrected chi connectivity index (χ2v) is 6.62. The molecule has 4 rings (SSSR count). The first-order chi connectivity index (χ1) is 12.7. The molecule has 26 heavy (non-hydrogen) atoms. The molecule has 3 heterocycles. The maximum atomic E-state index is 13.0. The van der Waals surface area contributed by atoms with Crippen molar-refractivity contribution >= 4 is 17.0 Å². The first kappa shape index (κ1) is 16.8. The summed E-state index contributed by atoms with van der Waals surface area (Å²) in [4.78, 5) is 9.18. The topological polar surface area (TPSA) is 48.7 Å². The standard InChI is InChI=1S/C19H23FN6/c1-15-14-18-19(22-7-9-26(18)23-15)21-6-8-24-10-12-25(13-11-24)17-4-2-16(20)3-5-17/h2-5,7,9,14H,6,8,10-13H2,1H3,(H,21,22). The molecule has 136 valence electrons. The fourth-order valence-electron chi connectivity index (χ4n) is 3.39. The van der Waals surface area contributed by atoms with Gasteiger partial charge in [0.15, 0.2) is 5.82 Å². The Morgan fingerprint density at radius 2 is 1.88 bits per heavy atom. The molecule has 0 atom stereocenters. The van der Waals surface area contributed by atoms with Gasteiger partial charge in [-0.1, -0.05) is 0 Å². The Hall–Kier alpha value is -2.67. The molecule has 0 saturated carbocycles. The number of nitrogens with one attached hydrogen (secondary N) is 1. The highest BCUT2D eigenvalue weighted by Crippen LogP contribution is 2.17. The van der Waals surface area contributed by atoms with Crippen LogP contribution in [0, 0.1) is 12.7 Å². The molecular formula is C19H23FN6. The highest BCUT2D eigenvalue weighted by Gasteiger charge is 2.17. The predicted octanol–water partition coefficient (Wildman–Crippen LogP) is 2.41. The number of benzene rings is 1. The van der Waals surface area contributed by atoms with Crippen LogP contribution in [0.5, 0.6) is 0 Å². The van der Waals surface area contributed by atoms with Crippen LogP contribution in [0.15, 0.2) is 42.7 Å². The maximum absolute atomic E-state index is 13.0. The number of hydrogen-bond donors (Lipinski definition) is 1. The van der Waals surface area contributed by atoms with E-state index in [9.17, 15) is 4.39 Å². The first-order valence-corrected chi connectivity index (χ1v) is 8.97. The van der Waals surface area contributed by atoms with E-state index < -0.39 is 0 Å². The van der Waals surface area contributed by atoms with Gasteiger partial charge in [0.05, 0.1) is 5.69 Å². The third kappa shape index (κ3) is 3.62. The highest BCUT2D eigenvalue weighted by molar-refractivity contribution is 5.67. The molecular weight excluding hydrogens is 331 g/mol. The fourth-order valence-corrected chi connectivity index (χ4v) is 3.39. The van der Waals surface area contributed by atoms with Crippen molar-refractivity contribution in [3.63, 3.8) is 0 Å². The van der Waals surface area contributed by atoms with Crippen LogP contribution in [0.3, 0.4) is 0 Å². The van der Waals surface area contributed by atoms with Crippen molar-refractivity contribution in [1.82, 2.24) is 19.5 Å². The molecule has 1 aliphatic rings. The zero-order valence-corrected chi connectivity index (χ0v) is 14.9. The van der Waals surface area contributed by atoms with Crippen LogP contribution >= 0.6 is 0 Å². The summed E-state index contributed by atoms with van der Waals surface area (Å²) in [6, 6.07) is 8.80. The number of aryl methyl sites for hydroxylation is 1. The van der Waals surface area contributed by atoms with Gasteiger partial charge in [-0.2, -0.15) is 5.10 Å². The van der Waals surface area contributed by atoms with Crippen LogP contribution in [0.4, 0.5) is 15.9 Å². The summed E-state index contributed by atoms with van der Waals surface area (Å²) in [6.45, 7) is 7.71. The lowest BCUT2D eigenvalue weighted by atomic mass is 10.2. The molecule has 1 aromatic carbocycles. The van der Waals surface area contributed by atoms with Crippen molar-refractivity contribution < 1.29 is 4.39 Å². The third-order valence-corrected chi connectivity index (χ3v) is 4.80. The Balaban J connectivity index is 1.28. The Labute approximate surface area is 152 Å². The van der Waals surface area contributed by atoms with Gasteiger partial charge in [0, 0.05) is 57.3 Å². The van der Waals surface area contributed by atoms with E-state index in [1.54, 1.807) is 6.20 Å². The molecule has 0 spiro atoms. The van der Waals surface area contributed by atoms with Gasteiger partial charge in [0.1, 0.15) is 11.3 Å². The average Bonchev–Trinajstić information content (AvgIpc) is 3.04.